The lowest BCUT2D eigenvalue weighted by Crippen LogP contribution is -2.46. The summed E-state index contributed by atoms with van der Waals surface area (Å²) in [5, 5.41) is 31.4. The molecule has 4 aromatic carbocycles. The average molecular weight is 499 g/mol. The van der Waals surface area contributed by atoms with Gasteiger partial charge in [-0.2, -0.15) is 0 Å². The molecule has 6 heteroatoms. The van der Waals surface area contributed by atoms with E-state index in [0.717, 1.165) is 32.7 Å². The minimum atomic E-state index is -1.27. The predicted octanol–water partition coefficient (Wildman–Crippen LogP) is 4.94. The first-order valence-corrected chi connectivity index (χ1v) is 12.4. The normalized spacial score (nSPS) is 13.8. The van der Waals surface area contributed by atoms with Crippen molar-refractivity contribution in [3.05, 3.63) is 96.1 Å². The molecule has 0 saturated carbocycles. The van der Waals surface area contributed by atoms with Gasteiger partial charge in [-0.05, 0) is 72.5 Å². The predicted molar refractivity (Wildman–Crippen MR) is 147 cm³/mol. The summed E-state index contributed by atoms with van der Waals surface area (Å²) in [6, 6.07) is 25.8. The van der Waals surface area contributed by atoms with Crippen molar-refractivity contribution < 1.29 is 19.8 Å². The van der Waals surface area contributed by atoms with Crippen LogP contribution >= 0.6 is 0 Å². The number of benzene rings is 4. The average Bonchev–Trinajstić information content (AvgIpc) is 2.84. The first kappa shape index (κ1) is 26.3. The molecule has 0 aromatic heterocycles. The Labute approximate surface area is 217 Å². The molecule has 0 radical (unpaired) electrons. The first-order valence-electron chi connectivity index (χ1n) is 12.4. The maximum absolute atomic E-state index is 12.9. The Balaban J connectivity index is 1.50. The highest BCUT2D eigenvalue weighted by Crippen LogP contribution is 2.30. The molecule has 4 rings (SSSR count). The molecule has 0 aliphatic rings. The van der Waals surface area contributed by atoms with E-state index in [-0.39, 0.29) is 0 Å². The molecule has 0 fully saturated rings. The number of aliphatic hydroxyl groups is 2. The number of rotatable bonds is 8. The SMILES string of the molecule is CC(C)(O)[C@H](NC(=O)CC(=O)N[C@H](c1ccc2ccccc2c1)C(C)(C)O)c1ccc2ccccc2c1. The number of nitrogens with one attached hydrogen (secondary N) is 2. The van der Waals surface area contributed by atoms with Crippen LogP contribution in [0.15, 0.2) is 84.9 Å². The third-order valence-electron chi connectivity index (χ3n) is 6.56. The molecule has 2 amide bonds. The Morgan fingerprint density at radius 3 is 1.32 bits per heavy atom. The zero-order valence-electron chi connectivity index (χ0n) is 21.7. The van der Waals surface area contributed by atoms with Gasteiger partial charge in [-0.25, -0.2) is 0 Å². The van der Waals surface area contributed by atoms with Crippen LogP contribution in [0.4, 0.5) is 0 Å². The van der Waals surface area contributed by atoms with E-state index in [1.807, 2.05) is 84.9 Å². The van der Waals surface area contributed by atoms with Gasteiger partial charge in [0.1, 0.15) is 6.42 Å². The van der Waals surface area contributed by atoms with Gasteiger partial charge in [0.25, 0.3) is 0 Å². The summed E-state index contributed by atoms with van der Waals surface area (Å²) in [5.41, 5.74) is -1.05. The third-order valence-corrected chi connectivity index (χ3v) is 6.56. The quantitative estimate of drug-likeness (QED) is 0.259. The van der Waals surface area contributed by atoms with E-state index in [4.69, 9.17) is 0 Å². The molecule has 6 nitrogen and oxygen atoms in total. The van der Waals surface area contributed by atoms with Gasteiger partial charge in [0.2, 0.25) is 11.8 Å². The highest BCUT2D eigenvalue weighted by atomic mass is 16.3. The van der Waals surface area contributed by atoms with Crippen molar-refractivity contribution in [2.75, 3.05) is 0 Å². The molecule has 0 spiro atoms. The Hall–Kier alpha value is -3.74. The lowest BCUT2D eigenvalue weighted by molar-refractivity contribution is -0.132. The summed E-state index contributed by atoms with van der Waals surface area (Å²) in [6.45, 7) is 6.49. The van der Waals surface area contributed by atoms with Crippen LogP contribution in [0.5, 0.6) is 0 Å². The Bertz CT molecular complexity index is 1320. The van der Waals surface area contributed by atoms with Crippen molar-refractivity contribution in [3.63, 3.8) is 0 Å². The van der Waals surface area contributed by atoms with Crippen molar-refractivity contribution in [2.24, 2.45) is 0 Å². The molecular formula is C31H34N2O4. The Morgan fingerprint density at radius 1 is 0.622 bits per heavy atom. The molecule has 0 heterocycles. The second-order valence-corrected chi connectivity index (χ2v) is 10.7. The molecule has 2 atom stereocenters. The summed E-state index contributed by atoms with van der Waals surface area (Å²) >= 11 is 0. The van der Waals surface area contributed by atoms with Crippen molar-refractivity contribution >= 4 is 33.4 Å². The van der Waals surface area contributed by atoms with Gasteiger partial charge >= 0.3 is 0 Å². The summed E-state index contributed by atoms with van der Waals surface area (Å²) in [4.78, 5) is 25.9. The van der Waals surface area contributed by atoms with Crippen LogP contribution in [0.2, 0.25) is 0 Å². The summed E-state index contributed by atoms with van der Waals surface area (Å²) in [6.07, 6.45) is -0.444. The molecule has 0 saturated heterocycles. The molecule has 0 unspecified atom stereocenters. The first-order chi connectivity index (χ1) is 17.4. The zero-order chi connectivity index (χ0) is 26.8. The van der Waals surface area contributed by atoms with Crippen molar-refractivity contribution in [1.82, 2.24) is 10.6 Å². The summed E-state index contributed by atoms with van der Waals surface area (Å²) < 4.78 is 0. The number of hydrogen-bond acceptors (Lipinski definition) is 4. The largest absolute Gasteiger partial charge is 0.388 e. The molecule has 4 aromatic rings. The molecule has 0 bridgehead atoms. The maximum atomic E-state index is 12.9. The van der Waals surface area contributed by atoms with Crippen LogP contribution < -0.4 is 10.6 Å². The Kier molecular flexibility index (Phi) is 7.35. The number of hydrogen-bond donors (Lipinski definition) is 4. The van der Waals surface area contributed by atoms with E-state index in [1.165, 1.54) is 0 Å². The van der Waals surface area contributed by atoms with E-state index in [9.17, 15) is 19.8 Å². The molecule has 37 heavy (non-hydrogen) atoms. The lowest BCUT2D eigenvalue weighted by Gasteiger charge is -2.32. The third kappa shape index (κ3) is 6.34. The van der Waals surface area contributed by atoms with Gasteiger partial charge in [0.15, 0.2) is 0 Å². The number of carbonyl (C=O) groups is 2. The second-order valence-electron chi connectivity index (χ2n) is 10.7. The topological polar surface area (TPSA) is 98.7 Å². The monoisotopic (exact) mass is 498 g/mol. The van der Waals surface area contributed by atoms with Gasteiger partial charge in [-0.3, -0.25) is 9.59 Å². The zero-order valence-corrected chi connectivity index (χ0v) is 21.7. The van der Waals surface area contributed by atoms with Gasteiger partial charge in [0, 0.05) is 0 Å². The van der Waals surface area contributed by atoms with Crippen molar-refractivity contribution in [3.8, 4) is 0 Å². The van der Waals surface area contributed by atoms with Crippen molar-refractivity contribution in [1.29, 1.82) is 0 Å². The number of fused-ring (bicyclic) bond motifs is 2. The minimum Gasteiger partial charge on any atom is -0.388 e. The van der Waals surface area contributed by atoms with Crippen LogP contribution in [0, 0.1) is 0 Å². The van der Waals surface area contributed by atoms with Gasteiger partial charge < -0.3 is 20.8 Å². The van der Waals surface area contributed by atoms with E-state index >= 15 is 0 Å². The Morgan fingerprint density at radius 2 is 0.973 bits per heavy atom. The molecule has 192 valence electrons. The highest BCUT2D eigenvalue weighted by molar-refractivity contribution is 5.97. The number of carbonyl (C=O) groups excluding carboxylic acids is 2. The van der Waals surface area contributed by atoms with E-state index in [2.05, 4.69) is 10.6 Å². The van der Waals surface area contributed by atoms with E-state index in [1.54, 1.807) is 27.7 Å². The van der Waals surface area contributed by atoms with E-state index < -0.39 is 41.5 Å². The summed E-state index contributed by atoms with van der Waals surface area (Å²) in [5.74, 6) is -1.04. The molecule has 4 N–H and O–H groups in total. The second kappa shape index (κ2) is 10.3. The van der Waals surface area contributed by atoms with Crippen molar-refractivity contribution in [2.45, 2.75) is 57.4 Å². The smallest absolute Gasteiger partial charge is 0.230 e. The van der Waals surface area contributed by atoms with Gasteiger partial charge in [0.05, 0.1) is 23.3 Å². The fourth-order valence-corrected chi connectivity index (χ4v) is 4.68. The lowest BCUT2D eigenvalue weighted by atomic mass is 9.90. The highest BCUT2D eigenvalue weighted by Gasteiger charge is 2.33. The van der Waals surface area contributed by atoms with Crippen LogP contribution in [-0.2, 0) is 9.59 Å². The maximum Gasteiger partial charge on any atom is 0.230 e. The minimum absolute atomic E-state index is 0.444. The fraction of sp³-hybridized carbons (Fsp3) is 0.290. The van der Waals surface area contributed by atoms with Crippen LogP contribution in [0.3, 0.4) is 0 Å². The summed E-state index contributed by atoms with van der Waals surface area (Å²) in [7, 11) is 0. The molecule has 0 aliphatic carbocycles. The van der Waals surface area contributed by atoms with Crippen LogP contribution in [0.25, 0.3) is 21.5 Å². The fourth-order valence-electron chi connectivity index (χ4n) is 4.68. The van der Waals surface area contributed by atoms with Crippen LogP contribution in [0.1, 0.15) is 57.3 Å². The van der Waals surface area contributed by atoms with Gasteiger partial charge in [-0.1, -0.05) is 72.8 Å². The standard InChI is InChI=1S/C31H34N2O4/c1-30(2,36)28(24-15-13-20-9-5-7-11-22(20)17-24)32-26(34)19-27(35)33-29(31(3,4)37)25-16-14-21-10-6-8-12-23(21)18-25/h5-18,28-29,36-37H,19H2,1-4H3,(H,32,34)(H,33,35)/t28-,29-/m1/s1. The van der Waals surface area contributed by atoms with E-state index in [0.29, 0.717) is 0 Å². The van der Waals surface area contributed by atoms with Crippen LogP contribution in [-0.4, -0.2) is 33.2 Å². The number of amides is 2. The van der Waals surface area contributed by atoms with Gasteiger partial charge in [-0.15, -0.1) is 0 Å². The molecular weight excluding hydrogens is 464 g/mol. The molecule has 0 aliphatic heterocycles.